The van der Waals surface area contributed by atoms with Crippen LogP contribution in [0.5, 0.6) is 11.5 Å². The number of aromatic nitrogens is 2. The Kier molecular flexibility index (Phi) is 6.00. The van der Waals surface area contributed by atoms with E-state index in [1.807, 2.05) is 36.4 Å². The van der Waals surface area contributed by atoms with E-state index >= 15 is 0 Å². The number of hydrogen-bond acceptors (Lipinski definition) is 7. The minimum atomic E-state index is -0.180. The molecule has 4 aromatic rings. The van der Waals surface area contributed by atoms with Gasteiger partial charge >= 0.3 is 0 Å². The average Bonchev–Trinajstić information content (AvgIpc) is 3.23. The number of aliphatic imine (C=N–C) groups is 2. The van der Waals surface area contributed by atoms with E-state index in [4.69, 9.17) is 9.47 Å². The summed E-state index contributed by atoms with van der Waals surface area (Å²) >= 11 is 1.31. The lowest BCUT2D eigenvalue weighted by molar-refractivity contribution is 0.414. The van der Waals surface area contributed by atoms with Crippen molar-refractivity contribution in [3.8, 4) is 17.2 Å². The highest BCUT2D eigenvalue weighted by Crippen LogP contribution is 2.34. The van der Waals surface area contributed by atoms with Crippen LogP contribution in [0.2, 0.25) is 0 Å². The van der Waals surface area contributed by atoms with Crippen molar-refractivity contribution in [2.24, 2.45) is 9.98 Å². The minimum Gasteiger partial charge on any atom is -0.497 e. The van der Waals surface area contributed by atoms with Gasteiger partial charge in [0.1, 0.15) is 33.0 Å². The summed E-state index contributed by atoms with van der Waals surface area (Å²) in [6.07, 6.45) is 1.51. The zero-order valence-electron chi connectivity index (χ0n) is 17.8. The van der Waals surface area contributed by atoms with Gasteiger partial charge in [0.2, 0.25) is 0 Å². The molecular weight excluding hydrogens is 426 g/mol. The molecule has 0 fully saturated rings. The molecule has 2 heterocycles. The van der Waals surface area contributed by atoms with Crippen LogP contribution in [0.25, 0.3) is 15.9 Å². The number of amidine groups is 1. The fourth-order valence-corrected chi connectivity index (χ4v) is 4.26. The van der Waals surface area contributed by atoms with E-state index in [-0.39, 0.29) is 5.56 Å². The third-order valence-corrected chi connectivity index (χ3v) is 6.04. The number of benzene rings is 2. The van der Waals surface area contributed by atoms with Crippen molar-refractivity contribution in [2.45, 2.75) is 0 Å². The number of fused-ring (bicyclic) bond motifs is 1. The van der Waals surface area contributed by atoms with Crippen LogP contribution in [0.1, 0.15) is 5.56 Å². The first-order chi connectivity index (χ1) is 15.6. The SMILES string of the molecule is C=NC(=Nc1ccc(OC)cc1)c1c(NC)sc2c(=O)n(-c3ccc(OC)cc3)cnc12. The van der Waals surface area contributed by atoms with Crippen molar-refractivity contribution in [2.75, 3.05) is 26.6 Å². The molecule has 0 aliphatic carbocycles. The van der Waals surface area contributed by atoms with Crippen molar-refractivity contribution in [3.63, 3.8) is 0 Å². The van der Waals surface area contributed by atoms with Gasteiger partial charge in [0, 0.05) is 7.05 Å². The maximum absolute atomic E-state index is 13.3. The molecule has 0 spiro atoms. The lowest BCUT2D eigenvalue weighted by atomic mass is 10.2. The van der Waals surface area contributed by atoms with E-state index in [1.54, 1.807) is 33.4 Å². The quantitative estimate of drug-likeness (QED) is 0.352. The number of nitrogens with zero attached hydrogens (tertiary/aromatic N) is 4. The second-order valence-corrected chi connectivity index (χ2v) is 7.66. The molecular formula is C23H21N5O3S. The Hall–Kier alpha value is -3.98. The molecule has 2 aromatic heterocycles. The van der Waals surface area contributed by atoms with Crippen LogP contribution in [0, 0.1) is 0 Å². The number of rotatable bonds is 6. The summed E-state index contributed by atoms with van der Waals surface area (Å²) in [4.78, 5) is 26.6. The molecule has 0 radical (unpaired) electrons. The molecule has 8 nitrogen and oxygen atoms in total. The van der Waals surface area contributed by atoms with E-state index in [1.165, 1.54) is 22.2 Å². The zero-order valence-corrected chi connectivity index (χ0v) is 18.6. The van der Waals surface area contributed by atoms with Crippen LogP contribution in [-0.2, 0) is 0 Å². The Labute approximate surface area is 188 Å². The summed E-state index contributed by atoms with van der Waals surface area (Å²) in [5.41, 5.74) is 2.35. The highest BCUT2D eigenvalue weighted by Gasteiger charge is 2.21. The van der Waals surface area contributed by atoms with Crippen LogP contribution < -0.4 is 20.3 Å². The topological polar surface area (TPSA) is 90.1 Å². The number of ether oxygens (including phenoxy) is 2. The first kappa shape index (κ1) is 21.3. The van der Waals surface area contributed by atoms with E-state index in [0.717, 1.165) is 10.8 Å². The molecule has 2 aromatic carbocycles. The highest BCUT2D eigenvalue weighted by molar-refractivity contribution is 7.23. The van der Waals surface area contributed by atoms with E-state index < -0.39 is 0 Å². The molecule has 4 rings (SSSR count). The first-order valence-corrected chi connectivity index (χ1v) is 10.5. The molecule has 32 heavy (non-hydrogen) atoms. The number of hydrogen-bond donors (Lipinski definition) is 1. The minimum absolute atomic E-state index is 0.180. The predicted molar refractivity (Wildman–Crippen MR) is 130 cm³/mol. The van der Waals surface area contributed by atoms with Crippen LogP contribution in [0.3, 0.4) is 0 Å². The van der Waals surface area contributed by atoms with Crippen molar-refractivity contribution in [3.05, 3.63) is 70.8 Å². The number of thiophene rings is 1. The smallest absolute Gasteiger partial charge is 0.275 e. The molecule has 162 valence electrons. The summed E-state index contributed by atoms with van der Waals surface area (Å²) < 4.78 is 12.4. The summed E-state index contributed by atoms with van der Waals surface area (Å²) in [5, 5.41) is 3.86. The van der Waals surface area contributed by atoms with Crippen molar-refractivity contribution >= 4 is 44.8 Å². The normalized spacial score (nSPS) is 11.4. The average molecular weight is 448 g/mol. The Balaban J connectivity index is 1.85. The zero-order chi connectivity index (χ0) is 22.7. The molecule has 1 N–H and O–H groups in total. The molecule has 0 saturated carbocycles. The Morgan fingerprint density at radius 3 is 2.25 bits per heavy atom. The largest absolute Gasteiger partial charge is 0.497 e. The fraction of sp³-hybridized carbons (Fsp3) is 0.130. The third kappa shape index (κ3) is 3.85. The van der Waals surface area contributed by atoms with E-state index in [2.05, 4.69) is 27.0 Å². The van der Waals surface area contributed by atoms with Gasteiger partial charge in [-0.05, 0) is 55.2 Å². The predicted octanol–water partition coefficient (Wildman–Crippen LogP) is 4.29. The molecule has 0 bridgehead atoms. The van der Waals surface area contributed by atoms with Gasteiger partial charge in [0.05, 0.1) is 31.2 Å². The van der Waals surface area contributed by atoms with Crippen LogP contribution in [-0.4, -0.2) is 43.4 Å². The van der Waals surface area contributed by atoms with Gasteiger partial charge in [0.15, 0.2) is 5.84 Å². The molecule has 0 saturated heterocycles. The van der Waals surface area contributed by atoms with Crippen LogP contribution in [0.15, 0.2) is 69.6 Å². The number of anilines is 1. The summed E-state index contributed by atoms with van der Waals surface area (Å²) in [6, 6.07) is 14.5. The van der Waals surface area contributed by atoms with Crippen molar-refractivity contribution in [1.82, 2.24) is 9.55 Å². The molecule has 0 atom stereocenters. The Morgan fingerprint density at radius 1 is 1.06 bits per heavy atom. The van der Waals surface area contributed by atoms with Gasteiger partial charge in [-0.2, -0.15) is 0 Å². The summed E-state index contributed by atoms with van der Waals surface area (Å²) in [6.45, 7) is 3.68. The lowest BCUT2D eigenvalue weighted by Gasteiger charge is -2.07. The maximum atomic E-state index is 13.3. The highest BCUT2D eigenvalue weighted by atomic mass is 32.1. The van der Waals surface area contributed by atoms with Crippen molar-refractivity contribution < 1.29 is 9.47 Å². The fourth-order valence-electron chi connectivity index (χ4n) is 3.23. The third-order valence-electron chi connectivity index (χ3n) is 4.86. The lowest BCUT2D eigenvalue weighted by Crippen LogP contribution is -2.18. The monoisotopic (exact) mass is 447 g/mol. The second kappa shape index (κ2) is 9.03. The van der Waals surface area contributed by atoms with Gasteiger partial charge in [-0.15, -0.1) is 11.3 Å². The standard InChI is InChI=1S/C23H21N5O3S/c1-24-21(27-14-5-9-16(30-3)10-6-14)18-19-20(32-22(18)25-2)23(29)28(13-26-19)15-7-11-17(31-4)12-8-15/h5-13,25H,1H2,2-4H3. The van der Waals surface area contributed by atoms with Crippen LogP contribution in [0.4, 0.5) is 10.7 Å². The Morgan fingerprint density at radius 2 is 1.69 bits per heavy atom. The number of methoxy groups -OCH3 is 2. The van der Waals surface area contributed by atoms with Crippen LogP contribution >= 0.6 is 11.3 Å². The molecule has 0 amide bonds. The van der Waals surface area contributed by atoms with Gasteiger partial charge in [-0.3, -0.25) is 9.36 Å². The van der Waals surface area contributed by atoms with Gasteiger partial charge < -0.3 is 14.8 Å². The van der Waals surface area contributed by atoms with Gasteiger partial charge in [0.25, 0.3) is 5.56 Å². The summed E-state index contributed by atoms with van der Waals surface area (Å²) in [7, 11) is 4.99. The first-order valence-electron chi connectivity index (χ1n) is 9.65. The molecule has 0 aliphatic rings. The Bertz CT molecular complexity index is 1360. The van der Waals surface area contributed by atoms with E-state index in [0.29, 0.717) is 38.7 Å². The molecule has 0 aliphatic heterocycles. The summed E-state index contributed by atoms with van der Waals surface area (Å²) in [5.74, 6) is 1.82. The van der Waals surface area contributed by atoms with Gasteiger partial charge in [-0.25, -0.2) is 15.0 Å². The van der Waals surface area contributed by atoms with Gasteiger partial charge in [-0.1, -0.05) is 0 Å². The van der Waals surface area contributed by atoms with E-state index in [9.17, 15) is 4.79 Å². The number of nitrogens with one attached hydrogen (secondary N) is 1. The maximum Gasteiger partial charge on any atom is 0.275 e. The molecule has 0 unspecified atom stereocenters. The van der Waals surface area contributed by atoms with Crippen molar-refractivity contribution in [1.29, 1.82) is 0 Å². The molecule has 9 heteroatoms. The second-order valence-electron chi connectivity index (χ2n) is 6.64.